The molecule has 0 atom stereocenters. The van der Waals surface area contributed by atoms with Gasteiger partial charge in [0.05, 0.1) is 0 Å². The quantitative estimate of drug-likeness (QED) is 0.781. The van der Waals surface area contributed by atoms with Crippen LogP contribution in [0.25, 0.3) is 0 Å². The van der Waals surface area contributed by atoms with E-state index in [9.17, 15) is 0 Å². The Labute approximate surface area is 99.0 Å². The van der Waals surface area contributed by atoms with Crippen molar-refractivity contribution in [3.63, 3.8) is 0 Å². The summed E-state index contributed by atoms with van der Waals surface area (Å²) in [6.45, 7) is 6.74. The van der Waals surface area contributed by atoms with Crippen molar-refractivity contribution in [2.24, 2.45) is 5.92 Å². The highest BCUT2D eigenvalue weighted by Crippen LogP contribution is 2.23. The number of rotatable bonds is 6. The van der Waals surface area contributed by atoms with Crippen LogP contribution >= 0.6 is 27.3 Å². The van der Waals surface area contributed by atoms with E-state index < -0.39 is 0 Å². The van der Waals surface area contributed by atoms with Gasteiger partial charge in [0.1, 0.15) is 0 Å². The standard InChI is InChI=1S/C11H18BrNS/c1-9(2)8-13-6-3-4-11-10(12)5-7-14-11/h5,7,9,13H,3-4,6,8H2,1-2H3. The van der Waals surface area contributed by atoms with Gasteiger partial charge in [0.25, 0.3) is 0 Å². The molecule has 80 valence electrons. The molecule has 1 nitrogen and oxygen atoms in total. The Morgan fingerprint density at radius 1 is 1.50 bits per heavy atom. The van der Waals surface area contributed by atoms with Crippen molar-refractivity contribution in [3.8, 4) is 0 Å². The Kier molecular flexibility index (Phi) is 5.75. The molecule has 1 N–H and O–H groups in total. The van der Waals surface area contributed by atoms with Gasteiger partial charge in [0.15, 0.2) is 0 Å². The van der Waals surface area contributed by atoms with Crippen LogP contribution in [0.15, 0.2) is 15.9 Å². The molecule has 0 aliphatic carbocycles. The maximum Gasteiger partial charge on any atom is 0.0314 e. The molecule has 0 saturated carbocycles. The lowest BCUT2D eigenvalue weighted by molar-refractivity contribution is 0.543. The van der Waals surface area contributed by atoms with E-state index in [1.807, 2.05) is 11.3 Å². The summed E-state index contributed by atoms with van der Waals surface area (Å²) in [6, 6.07) is 2.13. The Hall–Kier alpha value is 0.140. The van der Waals surface area contributed by atoms with Gasteiger partial charge in [0.2, 0.25) is 0 Å². The zero-order valence-electron chi connectivity index (χ0n) is 8.85. The van der Waals surface area contributed by atoms with Gasteiger partial charge in [0, 0.05) is 9.35 Å². The van der Waals surface area contributed by atoms with Crippen LogP contribution in [0.4, 0.5) is 0 Å². The number of hydrogen-bond donors (Lipinski definition) is 1. The molecular weight excluding hydrogens is 258 g/mol. The Morgan fingerprint density at radius 2 is 2.29 bits per heavy atom. The van der Waals surface area contributed by atoms with Crippen molar-refractivity contribution in [2.75, 3.05) is 13.1 Å². The van der Waals surface area contributed by atoms with Crippen molar-refractivity contribution in [2.45, 2.75) is 26.7 Å². The Bertz CT molecular complexity index is 258. The maximum absolute atomic E-state index is 3.55. The van der Waals surface area contributed by atoms with Crippen molar-refractivity contribution >= 4 is 27.3 Å². The minimum Gasteiger partial charge on any atom is -0.316 e. The predicted octanol–water partition coefficient (Wildman–Crippen LogP) is 3.69. The molecule has 0 aliphatic heterocycles. The molecule has 0 bridgehead atoms. The second kappa shape index (κ2) is 6.59. The second-order valence-electron chi connectivity index (χ2n) is 3.89. The number of thiophene rings is 1. The molecule has 0 amide bonds. The van der Waals surface area contributed by atoms with Gasteiger partial charge in [-0.15, -0.1) is 11.3 Å². The summed E-state index contributed by atoms with van der Waals surface area (Å²) >= 11 is 5.39. The fourth-order valence-electron chi connectivity index (χ4n) is 1.27. The van der Waals surface area contributed by atoms with Crippen LogP contribution in [-0.4, -0.2) is 13.1 Å². The minimum atomic E-state index is 0.753. The molecule has 1 aromatic rings. The third-order valence-electron chi connectivity index (χ3n) is 2.00. The first kappa shape index (κ1) is 12.2. The molecule has 0 radical (unpaired) electrons. The lowest BCUT2D eigenvalue weighted by Crippen LogP contribution is -2.20. The molecule has 0 aromatic carbocycles. The van der Waals surface area contributed by atoms with E-state index in [4.69, 9.17) is 0 Å². The first-order chi connectivity index (χ1) is 6.70. The Morgan fingerprint density at radius 3 is 2.86 bits per heavy atom. The third-order valence-corrected chi connectivity index (χ3v) is 3.99. The molecular formula is C11H18BrNS. The van der Waals surface area contributed by atoms with Crippen molar-refractivity contribution in [1.29, 1.82) is 0 Å². The van der Waals surface area contributed by atoms with E-state index in [0.717, 1.165) is 19.0 Å². The fraction of sp³-hybridized carbons (Fsp3) is 0.636. The highest BCUT2D eigenvalue weighted by molar-refractivity contribution is 9.10. The summed E-state index contributed by atoms with van der Waals surface area (Å²) in [5, 5.41) is 5.60. The van der Waals surface area contributed by atoms with E-state index in [1.54, 1.807) is 0 Å². The number of aryl methyl sites for hydroxylation is 1. The van der Waals surface area contributed by atoms with Crippen LogP contribution in [0, 0.1) is 5.92 Å². The van der Waals surface area contributed by atoms with E-state index in [2.05, 4.69) is 46.5 Å². The third kappa shape index (κ3) is 4.58. The summed E-state index contributed by atoms with van der Waals surface area (Å²) in [7, 11) is 0. The SMILES string of the molecule is CC(C)CNCCCc1sccc1Br. The average Bonchev–Trinajstić information content (AvgIpc) is 2.51. The van der Waals surface area contributed by atoms with Gasteiger partial charge < -0.3 is 5.32 Å². The van der Waals surface area contributed by atoms with E-state index in [1.165, 1.54) is 22.2 Å². The van der Waals surface area contributed by atoms with Gasteiger partial charge in [-0.25, -0.2) is 0 Å². The highest BCUT2D eigenvalue weighted by atomic mass is 79.9. The smallest absolute Gasteiger partial charge is 0.0314 e. The molecule has 0 unspecified atom stereocenters. The van der Waals surface area contributed by atoms with E-state index in [-0.39, 0.29) is 0 Å². The lowest BCUT2D eigenvalue weighted by Gasteiger charge is -2.06. The molecule has 0 aliphatic rings. The van der Waals surface area contributed by atoms with Crippen LogP contribution in [0.5, 0.6) is 0 Å². The second-order valence-corrected chi connectivity index (χ2v) is 5.75. The molecule has 0 saturated heterocycles. The summed E-state index contributed by atoms with van der Waals surface area (Å²) in [5.74, 6) is 0.753. The first-order valence-corrected chi connectivity index (χ1v) is 6.80. The fourth-order valence-corrected chi connectivity index (χ4v) is 2.87. The van der Waals surface area contributed by atoms with Crippen LogP contribution < -0.4 is 5.32 Å². The maximum atomic E-state index is 3.55. The molecule has 0 fully saturated rings. The number of nitrogens with one attached hydrogen (secondary N) is 1. The van der Waals surface area contributed by atoms with E-state index >= 15 is 0 Å². The zero-order chi connectivity index (χ0) is 10.4. The number of halogens is 1. The summed E-state index contributed by atoms with van der Waals surface area (Å²) in [5.41, 5.74) is 0. The normalized spacial score (nSPS) is 11.1. The highest BCUT2D eigenvalue weighted by Gasteiger charge is 2.00. The van der Waals surface area contributed by atoms with Gasteiger partial charge in [-0.3, -0.25) is 0 Å². The molecule has 1 heterocycles. The topological polar surface area (TPSA) is 12.0 Å². The molecule has 14 heavy (non-hydrogen) atoms. The number of hydrogen-bond acceptors (Lipinski definition) is 2. The van der Waals surface area contributed by atoms with E-state index in [0.29, 0.717) is 0 Å². The minimum absolute atomic E-state index is 0.753. The largest absolute Gasteiger partial charge is 0.316 e. The summed E-state index contributed by atoms with van der Waals surface area (Å²) in [4.78, 5) is 1.47. The van der Waals surface area contributed by atoms with Crippen LogP contribution in [0.1, 0.15) is 25.1 Å². The molecule has 0 spiro atoms. The lowest BCUT2D eigenvalue weighted by atomic mass is 10.2. The molecule has 3 heteroatoms. The van der Waals surface area contributed by atoms with Crippen molar-refractivity contribution < 1.29 is 0 Å². The summed E-state index contributed by atoms with van der Waals surface area (Å²) in [6.07, 6.45) is 2.41. The van der Waals surface area contributed by atoms with Crippen LogP contribution in [0.3, 0.4) is 0 Å². The van der Waals surface area contributed by atoms with Crippen LogP contribution in [0.2, 0.25) is 0 Å². The Balaban J connectivity index is 2.08. The van der Waals surface area contributed by atoms with Crippen LogP contribution in [-0.2, 0) is 6.42 Å². The summed E-state index contributed by atoms with van der Waals surface area (Å²) < 4.78 is 1.27. The van der Waals surface area contributed by atoms with Crippen molar-refractivity contribution in [3.05, 3.63) is 20.8 Å². The van der Waals surface area contributed by atoms with Gasteiger partial charge in [-0.2, -0.15) is 0 Å². The first-order valence-electron chi connectivity index (χ1n) is 5.12. The molecule has 1 rings (SSSR count). The van der Waals surface area contributed by atoms with Gasteiger partial charge in [-0.1, -0.05) is 13.8 Å². The van der Waals surface area contributed by atoms with Crippen molar-refractivity contribution in [1.82, 2.24) is 5.32 Å². The average molecular weight is 276 g/mol. The van der Waals surface area contributed by atoms with Gasteiger partial charge in [-0.05, 0) is 59.2 Å². The zero-order valence-corrected chi connectivity index (χ0v) is 11.2. The predicted molar refractivity (Wildman–Crippen MR) is 68.0 cm³/mol. The van der Waals surface area contributed by atoms with Gasteiger partial charge >= 0.3 is 0 Å². The monoisotopic (exact) mass is 275 g/mol. The molecule has 1 aromatic heterocycles.